The molecule has 1 heterocycles. The number of sulfonamides is 1. The summed E-state index contributed by atoms with van der Waals surface area (Å²) in [6.45, 7) is 3.56. The van der Waals surface area contributed by atoms with E-state index in [0.29, 0.717) is 31.1 Å². The number of nitrogens with one attached hydrogen (secondary N) is 1. The Hall–Kier alpha value is -2.09. The van der Waals surface area contributed by atoms with Crippen molar-refractivity contribution in [3.63, 3.8) is 0 Å². The molecule has 0 radical (unpaired) electrons. The quantitative estimate of drug-likeness (QED) is 0.823. The molecule has 0 bridgehead atoms. The minimum absolute atomic E-state index is 0. The van der Waals surface area contributed by atoms with Crippen molar-refractivity contribution in [1.82, 2.24) is 9.21 Å². The van der Waals surface area contributed by atoms with E-state index in [1.165, 1.54) is 4.31 Å². The van der Waals surface area contributed by atoms with E-state index < -0.39 is 10.0 Å². The largest absolute Gasteiger partial charge is 0.376 e. The fraction of sp³-hybridized carbons (Fsp3) is 0.316. The molecule has 2 aromatic carbocycles. The van der Waals surface area contributed by atoms with Gasteiger partial charge in [-0.1, -0.05) is 35.9 Å². The van der Waals surface area contributed by atoms with Crippen LogP contribution in [0.5, 0.6) is 0 Å². The lowest BCUT2D eigenvalue weighted by Gasteiger charge is -2.34. The molecular formula is C19H24ClN3O3S. The van der Waals surface area contributed by atoms with E-state index in [0.717, 1.165) is 11.3 Å². The van der Waals surface area contributed by atoms with E-state index >= 15 is 0 Å². The number of para-hydroxylation sites is 1. The van der Waals surface area contributed by atoms with Crippen LogP contribution >= 0.6 is 12.4 Å². The molecule has 2 aromatic rings. The molecule has 0 spiro atoms. The van der Waals surface area contributed by atoms with Gasteiger partial charge in [0.2, 0.25) is 15.9 Å². The first-order chi connectivity index (χ1) is 12.5. The first-order valence-electron chi connectivity index (χ1n) is 8.60. The van der Waals surface area contributed by atoms with Gasteiger partial charge in [0, 0.05) is 31.9 Å². The lowest BCUT2D eigenvalue weighted by Crippen LogP contribution is -2.51. The minimum atomic E-state index is -3.50. The smallest absolute Gasteiger partial charge is 0.243 e. The predicted octanol–water partition coefficient (Wildman–Crippen LogP) is 2.36. The zero-order valence-corrected chi connectivity index (χ0v) is 16.8. The van der Waals surface area contributed by atoms with Crippen molar-refractivity contribution >= 4 is 34.0 Å². The Balaban J connectivity index is 0.00000261. The standard InChI is InChI=1S/C19H23N3O3S.ClH/c1-16-7-9-18(10-8-16)26(24,25)22-13-11-21(12-14-22)19(23)15-20-17-5-3-2-4-6-17;/h2-10,20H,11-15H2,1H3;1H. The number of halogens is 1. The second-order valence-corrected chi connectivity index (χ2v) is 8.26. The van der Waals surface area contributed by atoms with E-state index in [4.69, 9.17) is 0 Å². The number of carbonyl (C=O) groups excluding carboxylic acids is 1. The molecule has 0 aromatic heterocycles. The zero-order chi connectivity index (χ0) is 18.6. The number of anilines is 1. The zero-order valence-electron chi connectivity index (χ0n) is 15.2. The highest BCUT2D eigenvalue weighted by Crippen LogP contribution is 2.18. The third kappa shape index (κ3) is 5.22. The van der Waals surface area contributed by atoms with Crippen LogP contribution in [0.15, 0.2) is 59.5 Å². The molecule has 1 aliphatic rings. The van der Waals surface area contributed by atoms with Crippen LogP contribution in [-0.2, 0) is 14.8 Å². The van der Waals surface area contributed by atoms with Crippen LogP contribution in [0, 0.1) is 6.92 Å². The lowest BCUT2D eigenvalue weighted by molar-refractivity contribution is -0.130. The molecule has 1 fully saturated rings. The highest BCUT2D eigenvalue weighted by Gasteiger charge is 2.29. The summed E-state index contributed by atoms with van der Waals surface area (Å²) < 4.78 is 26.8. The SMILES string of the molecule is Cc1ccc(S(=O)(=O)N2CCN(C(=O)CNc3ccccc3)CC2)cc1.Cl. The molecule has 1 amide bonds. The number of nitrogens with zero attached hydrogens (tertiary/aromatic N) is 2. The fourth-order valence-corrected chi connectivity index (χ4v) is 4.30. The summed E-state index contributed by atoms with van der Waals surface area (Å²) >= 11 is 0. The van der Waals surface area contributed by atoms with Crippen LogP contribution in [-0.4, -0.2) is 56.3 Å². The first kappa shape index (κ1) is 21.2. The molecule has 3 rings (SSSR count). The molecule has 6 nitrogen and oxygen atoms in total. The molecule has 1 aliphatic heterocycles. The van der Waals surface area contributed by atoms with Crippen LogP contribution in [0.25, 0.3) is 0 Å². The van der Waals surface area contributed by atoms with E-state index in [1.54, 1.807) is 29.2 Å². The summed E-state index contributed by atoms with van der Waals surface area (Å²) in [7, 11) is -3.50. The van der Waals surface area contributed by atoms with Crippen molar-refractivity contribution in [2.45, 2.75) is 11.8 Å². The van der Waals surface area contributed by atoms with Gasteiger partial charge in [0.15, 0.2) is 0 Å². The van der Waals surface area contributed by atoms with Crippen LogP contribution < -0.4 is 5.32 Å². The highest BCUT2D eigenvalue weighted by molar-refractivity contribution is 7.89. The normalized spacial score (nSPS) is 15.1. The number of hydrogen-bond donors (Lipinski definition) is 1. The average Bonchev–Trinajstić information content (AvgIpc) is 2.67. The monoisotopic (exact) mass is 409 g/mol. The number of rotatable bonds is 5. The van der Waals surface area contributed by atoms with Gasteiger partial charge in [-0.2, -0.15) is 4.31 Å². The maximum Gasteiger partial charge on any atom is 0.243 e. The summed E-state index contributed by atoms with van der Waals surface area (Å²) in [5, 5.41) is 3.09. The van der Waals surface area contributed by atoms with Crippen molar-refractivity contribution in [1.29, 1.82) is 0 Å². The molecule has 0 atom stereocenters. The Bertz CT molecular complexity index is 850. The third-order valence-corrected chi connectivity index (χ3v) is 6.38. The van der Waals surface area contributed by atoms with Crippen molar-refractivity contribution < 1.29 is 13.2 Å². The third-order valence-electron chi connectivity index (χ3n) is 4.47. The number of hydrogen-bond acceptors (Lipinski definition) is 4. The van der Waals surface area contributed by atoms with Gasteiger partial charge >= 0.3 is 0 Å². The Morgan fingerprint density at radius 3 is 2.15 bits per heavy atom. The van der Waals surface area contributed by atoms with Gasteiger partial charge in [0.05, 0.1) is 11.4 Å². The molecule has 0 aliphatic carbocycles. The Morgan fingerprint density at radius 1 is 0.963 bits per heavy atom. The van der Waals surface area contributed by atoms with Crippen LogP contribution in [0.3, 0.4) is 0 Å². The highest BCUT2D eigenvalue weighted by atomic mass is 35.5. The number of piperazine rings is 1. The lowest BCUT2D eigenvalue weighted by atomic mass is 10.2. The molecule has 1 saturated heterocycles. The Labute approximate surface area is 166 Å². The summed E-state index contributed by atoms with van der Waals surface area (Å²) in [6.07, 6.45) is 0. The molecular weight excluding hydrogens is 386 g/mol. The van der Waals surface area contributed by atoms with E-state index in [-0.39, 0.29) is 24.9 Å². The fourth-order valence-electron chi connectivity index (χ4n) is 2.88. The van der Waals surface area contributed by atoms with Gasteiger partial charge in [0.1, 0.15) is 0 Å². The second kappa shape index (κ2) is 9.21. The van der Waals surface area contributed by atoms with Gasteiger partial charge in [-0.15, -0.1) is 12.4 Å². The van der Waals surface area contributed by atoms with Crippen LogP contribution in [0.4, 0.5) is 5.69 Å². The minimum Gasteiger partial charge on any atom is -0.376 e. The molecule has 1 N–H and O–H groups in total. The van der Waals surface area contributed by atoms with Crippen molar-refractivity contribution in [2.75, 3.05) is 38.0 Å². The maximum atomic E-state index is 12.7. The number of carbonyl (C=O) groups is 1. The van der Waals surface area contributed by atoms with Crippen LogP contribution in [0.2, 0.25) is 0 Å². The molecule has 0 unspecified atom stereocenters. The predicted molar refractivity (Wildman–Crippen MR) is 109 cm³/mol. The van der Waals surface area contributed by atoms with Crippen molar-refractivity contribution in [2.24, 2.45) is 0 Å². The topological polar surface area (TPSA) is 69.7 Å². The van der Waals surface area contributed by atoms with Gasteiger partial charge in [-0.25, -0.2) is 8.42 Å². The molecule has 8 heteroatoms. The number of aryl methyl sites for hydroxylation is 1. The van der Waals surface area contributed by atoms with E-state index in [2.05, 4.69) is 5.32 Å². The van der Waals surface area contributed by atoms with E-state index in [1.807, 2.05) is 37.3 Å². The summed E-state index contributed by atoms with van der Waals surface area (Å²) in [5.41, 5.74) is 1.91. The Kier molecular flexibility index (Phi) is 7.24. The van der Waals surface area contributed by atoms with Crippen molar-refractivity contribution in [3.05, 3.63) is 60.2 Å². The molecule has 27 heavy (non-hydrogen) atoms. The number of benzene rings is 2. The molecule has 146 valence electrons. The van der Waals surface area contributed by atoms with Gasteiger partial charge in [-0.05, 0) is 31.2 Å². The van der Waals surface area contributed by atoms with Gasteiger partial charge in [0.25, 0.3) is 0 Å². The van der Waals surface area contributed by atoms with E-state index in [9.17, 15) is 13.2 Å². The van der Waals surface area contributed by atoms with Crippen molar-refractivity contribution in [3.8, 4) is 0 Å². The van der Waals surface area contributed by atoms with Crippen LogP contribution in [0.1, 0.15) is 5.56 Å². The summed E-state index contributed by atoms with van der Waals surface area (Å²) in [5.74, 6) is -0.0266. The number of amides is 1. The maximum absolute atomic E-state index is 12.7. The van der Waals surface area contributed by atoms with Gasteiger partial charge in [-0.3, -0.25) is 4.79 Å². The first-order valence-corrected chi connectivity index (χ1v) is 10.0. The summed E-state index contributed by atoms with van der Waals surface area (Å²) in [4.78, 5) is 14.3. The summed E-state index contributed by atoms with van der Waals surface area (Å²) in [6, 6.07) is 16.4. The second-order valence-electron chi connectivity index (χ2n) is 6.32. The average molecular weight is 410 g/mol. The Morgan fingerprint density at radius 2 is 1.56 bits per heavy atom. The molecule has 0 saturated carbocycles. The van der Waals surface area contributed by atoms with Gasteiger partial charge < -0.3 is 10.2 Å².